The van der Waals surface area contributed by atoms with E-state index in [-0.39, 0.29) is 33.4 Å². The molecule has 1 atom stereocenters. The van der Waals surface area contributed by atoms with Gasteiger partial charge in [0.25, 0.3) is 0 Å². The van der Waals surface area contributed by atoms with Crippen molar-refractivity contribution in [3.8, 4) is 0 Å². The van der Waals surface area contributed by atoms with Gasteiger partial charge in [-0.05, 0) is 30.4 Å². The van der Waals surface area contributed by atoms with E-state index in [4.69, 9.17) is 23.2 Å². The van der Waals surface area contributed by atoms with Crippen LogP contribution in [-0.2, 0) is 18.3 Å². The highest BCUT2D eigenvalue weighted by Crippen LogP contribution is 2.50. The molecule has 0 spiro atoms. The standard InChI is InChI=1S/C19H23Cl2FN4O/c1-19(9-3-4-10-19)18(16-14(22)7-6-13(20)17(16)21)23-15(27)8-5-12-11-26(2)25-24-12/h6-7,11,18H,3-5,8-10H2,1-2H3,(H,23,27)/t18-/m1/s1. The number of hydrogen-bond acceptors (Lipinski definition) is 3. The van der Waals surface area contributed by atoms with Gasteiger partial charge >= 0.3 is 0 Å². The van der Waals surface area contributed by atoms with Gasteiger partial charge in [-0.25, -0.2) is 4.39 Å². The Morgan fingerprint density at radius 1 is 1.37 bits per heavy atom. The molecule has 5 nitrogen and oxygen atoms in total. The van der Waals surface area contributed by atoms with Crippen molar-refractivity contribution in [1.82, 2.24) is 20.3 Å². The van der Waals surface area contributed by atoms with Crippen molar-refractivity contribution in [3.05, 3.63) is 45.4 Å². The maximum atomic E-state index is 14.7. The maximum absolute atomic E-state index is 14.7. The van der Waals surface area contributed by atoms with E-state index in [1.807, 2.05) is 0 Å². The lowest BCUT2D eigenvalue weighted by Crippen LogP contribution is -2.39. The molecule has 1 aromatic heterocycles. The number of benzene rings is 1. The molecule has 3 rings (SSSR count). The first-order valence-corrected chi connectivity index (χ1v) is 9.84. The second kappa shape index (κ2) is 8.15. The molecule has 8 heteroatoms. The average molecular weight is 413 g/mol. The van der Waals surface area contributed by atoms with Crippen molar-refractivity contribution >= 4 is 29.1 Å². The molecule has 1 saturated carbocycles. The van der Waals surface area contributed by atoms with Crippen LogP contribution >= 0.6 is 23.2 Å². The van der Waals surface area contributed by atoms with Gasteiger partial charge in [0.15, 0.2) is 0 Å². The minimum Gasteiger partial charge on any atom is -0.349 e. The van der Waals surface area contributed by atoms with Crippen molar-refractivity contribution < 1.29 is 9.18 Å². The number of aryl methyl sites for hydroxylation is 2. The van der Waals surface area contributed by atoms with Crippen LogP contribution in [0.2, 0.25) is 10.0 Å². The second-order valence-corrected chi connectivity index (χ2v) is 8.29. The van der Waals surface area contributed by atoms with Crippen LogP contribution in [0.1, 0.15) is 56.3 Å². The number of nitrogens with zero attached hydrogens (tertiary/aromatic N) is 3. The van der Waals surface area contributed by atoms with E-state index in [2.05, 4.69) is 22.6 Å². The van der Waals surface area contributed by atoms with Crippen LogP contribution in [-0.4, -0.2) is 20.9 Å². The molecule has 0 bridgehead atoms. The zero-order chi connectivity index (χ0) is 19.6. The average Bonchev–Trinajstić information content (AvgIpc) is 3.25. The molecular formula is C19H23Cl2FN4O. The quantitative estimate of drug-likeness (QED) is 0.703. The van der Waals surface area contributed by atoms with E-state index in [1.54, 1.807) is 17.9 Å². The molecule has 1 fully saturated rings. The lowest BCUT2D eigenvalue weighted by molar-refractivity contribution is -0.122. The Hall–Kier alpha value is -1.66. The highest BCUT2D eigenvalue weighted by atomic mass is 35.5. The predicted octanol–water partition coefficient (Wildman–Crippen LogP) is 4.63. The lowest BCUT2D eigenvalue weighted by atomic mass is 9.77. The summed E-state index contributed by atoms with van der Waals surface area (Å²) < 4.78 is 16.3. The SMILES string of the molecule is Cn1cc(CCC(=O)N[C@H](c2c(F)ccc(Cl)c2Cl)C2(C)CCCC2)nn1. The van der Waals surface area contributed by atoms with Gasteiger partial charge in [-0.1, -0.05) is 48.2 Å². The molecule has 27 heavy (non-hydrogen) atoms. The summed E-state index contributed by atoms with van der Waals surface area (Å²) in [6.45, 7) is 2.07. The highest BCUT2D eigenvalue weighted by Gasteiger charge is 2.41. The van der Waals surface area contributed by atoms with Crippen LogP contribution in [0.3, 0.4) is 0 Å². The Bertz CT molecular complexity index is 833. The van der Waals surface area contributed by atoms with E-state index in [1.165, 1.54) is 12.1 Å². The fraction of sp³-hybridized carbons (Fsp3) is 0.526. The van der Waals surface area contributed by atoms with Crippen LogP contribution in [0.5, 0.6) is 0 Å². The predicted molar refractivity (Wildman–Crippen MR) is 103 cm³/mol. The fourth-order valence-corrected chi connectivity index (χ4v) is 4.29. The van der Waals surface area contributed by atoms with Gasteiger partial charge < -0.3 is 5.32 Å². The second-order valence-electron chi connectivity index (χ2n) is 7.50. The molecule has 0 aliphatic heterocycles. The van der Waals surface area contributed by atoms with Crippen molar-refractivity contribution in [2.24, 2.45) is 12.5 Å². The molecule has 1 N–H and O–H groups in total. The Balaban J connectivity index is 1.83. The number of nitrogens with one attached hydrogen (secondary N) is 1. The van der Waals surface area contributed by atoms with Crippen LogP contribution < -0.4 is 5.32 Å². The molecule has 0 radical (unpaired) electrons. The topological polar surface area (TPSA) is 59.8 Å². The summed E-state index contributed by atoms with van der Waals surface area (Å²) in [6.07, 6.45) is 6.36. The summed E-state index contributed by atoms with van der Waals surface area (Å²) in [5.74, 6) is -0.619. The van der Waals surface area contributed by atoms with E-state index in [9.17, 15) is 9.18 Å². The molecule has 0 unspecified atom stereocenters. The summed E-state index contributed by atoms with van der Waals surface area (Å²) >= 11 is 12.5. The van der Waals surface area contributed by atoms with Crippen molar-refractivity contribution in [1.29, 1.82) is 0 Å². The van der Waals surface area contributed by atoms with E-state index >= 15 is 0 Å². The highest BCUT2D eigenvalue weighted by molar-refractivity contribution is 6.42. The summed E-state index contributed by atoms with van der Waals surface area (Å²) in [6, 6.07) is 2.22. The summed E-state index contributed by atoms with van der Waals surface area (Å²) in [5.41, 5.74) is 0.752. The first-order valence-electron chi connectivity index (χ1n) is 9.08. The first-order chi connectivity index (χ1) is 12.8. The minimum absolute atomic E-state index is 0.170. The van der Waals surface area contributed by atoms with E-state index in [0.29, 0.717) is 6.42 Å². The number of rotatable bonds is 6. The summed E-state index contributed by atoms with van der Waals surface area (Å²) in [7, 11) is 1.78. The summed E-state index contributed by atoms with van der Waals surface area (Å²) in [5, 5.41) is 11.3. The third-order valence-electron chi connectivity index (χ3n) is 5.37. The molecule has 146 valence electrons. The van der Waals surface area contributed by atoms with Crippen LogP contribution in [0.25, 0.3) is 0 Å². The zero-order valence-electron chi connectivity index (χ0n) is 15.4. The number of carbonyl (C=O) groups is 1. The molecule has 2 aromatic rings. The van der Waals surface area contributed by atoms with Gasteiger partial charge in [0, 0.05) is 31.6 Å². The largest absolute Gasteiger partial charge is 0.349 e. The van der Waals surface area contributed by atoms with E-state index in [0.717, 1.165) is 31.4 Å². The van der Waals surface area contributed by atoms with Crippen molar-refractivity contribution in [3.63, 3.8) is 0 Å². The molecule has 1 amide bonds. The molecule has 1 aliphatic carbocycles. The molecule has 1 aromatic carbocycles. The van der Waals surface area contributed by atoms with Crippen molar-refractivity contribution in [2.45, 2.75) is 51.5 Å². The fourth-order valence-electron chi connectivity index (χ4n) is 3.86. The zero-order valence-corrected chi connectivity index (χ0v) is 16.9. The molecule has 1 aliphatic rings. The van der Waals surface area contributed by atoms with Gasteiger partial charge in [-0.3, -0.25) is 9.48 Å². The van der Waals surface area contributed by atoms with E-state index < -0.39 is 11.9 Å². The van der Waals surface area contributed by atoms with Crippen LogP contribution in [0, 0.1) is 11.2 Å². The molecule has 0 saturated heterocycles. The van der Waals surface area contributed by atoms with Gasteiger partial charge in [-0.15, -0.1) is 5.10 Å². The molecule has 1 heterocycles. The number of halogens is 3. The monoisotopic (exact) mass is 412 g/mol. The smallest absolute Gasteiger partial charge is 0.220 e. The van der Waals surface area contributed by atoms with Crippen LogP contribution in [0.15, 0.2) is 18.3 Å². The van der Waals surface area contributed by atoms with Crippen molar-refractivity contribution in [2.75, 3.05) is 0 Å². The number of hydrogen-bond donors (Lipinski definition) is 1. The Kier molecular flexibility index (Phi) is 6.06. The first kappa shape index (κ1) is 20.1. The Labute approximate surface area is 168 Å². The number of amides is 1. The minimum atomic E-state index is -0.527. The maximum Gasteiger partial charge on any atom is 0.220 e. The number of carbonyl (C=O) groups excluding carboxylic acids is 1. The van der Waals surface area contributed by atoms with Crippen LogP contribution in [0.4, 0.5) is 4.39 Å². The Morgan fingerprint density at radius 3 is 2.70 bits per heavy atom. The van der Waals surface area contributed by atoms with Gasteiger partial charge in [0.05, 0.1) is 21.8 Å². The molecular weight excluding hydrogens is 390 g/mol. The lowest BCUT2D eigenvalue weighted by Gasteiger charge is -2.36. The Morgan fingerprint density at radius 2 is 2.07 bits per heavy atom. The number of aromatic nitrogens is 3. The van der Waals surface area contributed by atoms with Gasteiger partial charge in [0.1, 0.15) is 5.82 Å². The van der Waals surface area contributed by atoms with Gasteiger partial charge in [0.2, 0.25) is 5.91 Å². The normalized spacial score (nSPS) is 17.1. The third kappa shape index (κ3) is 4.43. The third-order valence-corrected chi connectivity index (χ3v) is 6.19. The van der Waals surface area contributed by atoms with Gasteiger partial charge in [-0.2, -0.15) is 0 Å². The summed E-state index contributed by atoms with van der Waals surface area (Å²) in [4.78, 5) is 12.6.